The minimum atomic E-state index is -0.450. The first-order valence-electron chi connectivity index (χ1n) is 4.77. The van der Waals surface area contributed by atoms with Gasteiger partial charge in [-0.05, 0) is 22.0 Å². The summed E-state index contributed by atoms with van der Waals surface area (Å²) in [4.78, 5) is 3.82. The molecule has 1 N–H and O–H groups in total. The summed E-state index contributed by atoms with van der Waals surface area (Å²) in [6.45, 7) is 5.16. The smallest absolute Gasteiger partial charge is 0.250 e. The summed E-state index contributed by atoms with van der Waals surface area (Å²) in [5, 5.41) is 3.16. The van der Waals surface area contributed by atoms with E-state index < -0.39 is 5.82 Å². The molecule has 3 nitrogen and oxygen atoms in total. The number of hydrogen-bond acceptors (Lipinski definition) is 3. The highest BCUT2D eigenvalue weighted by Gasteiger charge is 2.05. The van der Waals surface area contributed by atoms with Gasteiger partial charge in [-0.2, -0.15) is 0 Å². The SMILES string of the molecule is CC(C)NCCOc1ncc(Br)cc1F. The molecule has 1 aromatic rings. The minimum Gasteiger partial charge on any atom is -0.474 e. The molecule has 0 unspecified atom stereocenters. The summed E-state index contributed by atoms with van der Waals surface area (Å²) in [7, 11) is 0. The molecule has 15 heavy (non-hydrogen) atoms. The van der Waals surface area contributed by atoms with Crippen molar-refractivity contribution in [3.05, 3.63) is 22.6 Å². The van der Waals surface area contributed by atoms with Crippen molar-refractivity contribution in [1.29, 1.82) is 0 Å². The van der Waals surface area contributed by atoms with E-state index in [0.717, 1.165) is 0 Å². The van der Waals surface area contributed by atoms with Crippen LogP contribution >= 0.6 is 15.9 Å². The number of ether oxygens (including phenoxy) is 1. The van der Waals surface area contributed by atoms with E-state index in [2.05, 4.69) is 26.2 Å². The molecule has 1 rings (SSSR count). The van der Waals surface area contributed by atoms with Crippen LogP contribution in [-0.4, -0.2) is 24.2 Å². The molecule has 0 amide bonds. The molecule has 0 saturated heterocycles. The lowest BCUT2D eigenvalue weighted by Gasteiger charge is -2.09. The molecule has 0 fully saturated rings. The first-order valence-corrected chi connectivity index (χ1v) is 5.56. The molecule has 0 atom stereocenters. The topological polar surface area (TPSA) is 34.1 Å². The molecule has 0 aliphatic carbocycles. The van der Waals surface area contributed by atoms with Crippen molar-refractivity contribution >= 4 is 15.9 Å². The van der Waals surface area contributed by atoms with Gasteiger partial charge in [0.25, 0.3) is 0 Å². The molecule has 0 spiro atoms. The van der Waals surface area contributed by atoms with Gasteiger partial charge in [-0.15, -0.1) is 0 Å². The number of halogens is 2. The molecule has 0 aromatic carbocycles. The second-order valence-corrected chi connectivity index (χ2v) is 4.31. The summed E-state index contributed by atoms with van der Waals surface area (Å²) in [5.74, 6) is -0.405. The van der Waals surface area contributed by atoms with Crippen LogP contribution in [0.3, 0.4) is 0 Å². The zero-order valence-corrected chi connectivity index (χ0v) is 10.3. The lowest BCUT2D eigenvalue weighted by molar-refractivity contribution is 0.282. The Balaban J connectivity index is 2.37. The molecule has 1 aromatic heterocycles. The number of hydrogen-bond donors (Lipinski definition) is 1. The quantitative estimate of drug-likeness (QED) is 0.839. The molecule has 0 saturated carbocycles. The fraction of sp³-hybridized carbons (Fsp3) is 0.500. The lowest BCUT2D eigenvalue weighted by Crippen LogP contribution is -2.27. The second kappa shape index (κ2) is 6.02. The Kier molecular flexibility index (Phi) is 4.98. The standard InChI is InChI=1S/C10H14BrFN2O/c1-7(2)13-3-4-15-10-9(12)5-8(11)6-14-10/h5-7,13H,3-4H2,1-2H3. The number of pyridine rings is 1. The third kappa shape index (κ3) is 4.57. The van der Waals surface area contributed by atoms with E-state index in [9.17, 15) is 4.39 Å². The maximum atomic E-state index is 13.2. The summed E-state index contributed by atoms with van der Waals surface area (Å²) >= 11 is 3.13. The van der Waals surface area contributed by atoms with Crippen LogP contribution in [0.1, 0.15) is 13.8 Å². The van der Waals surface area contributed by atoms with Gasteiger partial charge in [0.1, 0.15) is 6.61 Å². The van der Waals surface area contributed by atoms with Crippen LogP contribution in [0.4, 0.5) is 4.39 Å². The van der Waals surface area contributed by atoms with E-state index in [1.165, 1.54) is 12.3 Å². The second-order valence-electron chi connectivity index (χ2n) is 3.40. The average molecular weight is 277 g/mol. The number of aromatic nitrogens is 1. The van der Waals surface area contributed by atoms with Gasteiger partial charge < -0.3 is 10.1 Å². The van der Waals surface area contributed by atoms with E-state index in [-0.39, 0.29) is 5.88 Å². The van der Waals surface area contributed by atoms with Gasteiger partial charge in [0.2, 0.25) is 5.88 Å². The van der Waals surface area contributed by atoms with Gasteiger partial charge in [0.05, 0.1) is 0 Å². The first-order chi connectivity index (χ1) is 7.09. The van der Waals surface area contributed by atoms with Gasteiger partial charge in [-0.25, -0.2) is 9.37 Å². The number of rotatable bonds is 5. The molecule has 0 radical (unpaired) electrons. The van der Waals surface area contributed by atoms with Gasteiger partial charge in [-0.1, -0.05) is 13.8 Å². The fourth-order valence-electron chi connectivity index (χ4n) is 1.00. The van der Waals surface area contributed by atoms with Crippen LogP contribution < -0.4 is 10.1 Å². The zero-order chi connectivity index (χ0) is 11.3. The van der Waals surface area contributed by atoms with Crippen molar-refractivity contribution in [3.8, 4) is 5.88 Å². The number of nitrogens with zero attached hydrogens (tertiary/aromatic N) is 1. The lowest BCUT2D eigenvalue weighted by atomic mass is 10.4. The van der Waals surface area contributed by atoms with Crippen LogP contribution in [-0.2, 0) is 0 Å². The molecule has 84 valence electrons. The maximum absolute atomic E-state index is 13.2. The third-order valence-electron chi connectivity index (χ3n) is 1.67. The third-order valence-corrected chi connectivity index (χ3v) is 2.10. The normalized spacial score (nSPS) is 10.7. The van der Waals surface area contributed by atoms with Crippen molar-refractivity contribution in [1.82, 2.24) is 10.3 Å². The summed E-state index contributed by atoms with van der Waals surface area (Å²) in [6, 6.07) is 1.73. The maximum Gasteiger partial charge on any atom is 0.250 e. The van der Waals surface area contributed by atoms with Crippen molar-refractivity contribution in [2.45, 2.75) is 19.9 Å². The summed E-state index contributed by atoms with van der Waals surface area (Å²) in [5.41, 5.74) is 0. The summed E-state index contributed by atoms with van der Waals surface area (Å²) < 4.78 is 19.0. The molecular weight excluding hydrogens is 263 g/mol. The van der Waals surface area contributed by atoms with Crippen LogP contribution in [0.15, 0.2) is 16.7 Å². The number of nitrogens with one attached hydrogen (secondary N) is 1. The molecule has 0 aliphatic heterocycles. The average Bonchev–Trinajstić information content (AvgIpc) is 2.14. The van der Waals surface area contributed by atoms with Crippen molar-refractivity contribution < 1.29 is 9.13 Å². The van der Waals surface area contributed by atoms with Gasteiger partial charge in [0, 0.05) is 23.3 Å². The molecule has 5 heteroatoms. The molecule has 0 aliphatic rings. The van der Waals surface area contributed by atoms with E-state index in [0.29, 0.717) is 23.7 Å². The van der Waals surface area contributed by atoms with Crippen molar-refractivity contribution in [3.63, 3.8) is 0 Å². The fourth-order valence-corrected chi connectivity index (χ4v) is 1.31. The van der Waals surface area contributed by atoms with Crippen molar-refractivity contribution in [2.75, 3.05) is 13.2 Å². The predicted octanol–water partition coefficient (Wildman–Crippen LogP) is 2.36. The van der Waals surface area contributed by atoms with Gasteiger partial charge in [0.15, 0.2) is 5.82 Å². The predicted molar refractivity (Wildman–Crippen MR) is 60.5 cm³/mol. The largest absolute Gasteiger partial charge is 0.474 e. The Labute approximate surface area is 97.2 Å². The van der Waals surface area contributed by atoms with Crippen LogP contribution in [0.25, 0.3) is 0 Å². The van der Waals surface area contributed by atoms with Gasteiger partial charge in [-0.3, -0.25) is 0 Å². The minimum absolute atomic E-state index is 0.0451. The molecule has 0 bridgehead atoms. The summed E-state index contributed by atoms with van der Waals surface area (Å²) in [6.07, 6.45) is 1.51. The van der Waals surface area contributed by atoms with E-state index in [1.807, 2.05) is 13.8 Å². The monoisotopic (exact) mass is 276 g/mol. The molecule has 1 heterocycles. The first kappa shape index (κ1) is 12.4. The Morgan fingerprint density at radius 3 is 2.93 bits per heavy atom. The van der Waals surface area contributed by atoms with Crippen LogP contribution in [0, 0.1) is 5.82 Å². The zero-order valence-electron chi connectivity index (χ0n) is 8.76. The Hall–Kier alpha value is -0.680. The van der Waals surface area contributed by atoms with Gasteiger partial charge >= 0.3 is 0 Å². The molecular formula is C10H14BrFN2O. The highest BCUT2D eigenvalue weighted by atomic mass is 79.9. The van der Waals surface area contributed by atoms with E-state index in [4.69, 9.17) is 4.74 Å². The van der Waals surface area contributed by atoms with Crippen LogP contribution in [0.5, 0.6) is 5.88 Å². The van der Waals surface area contributed by atoms with Crippen LogP contribution in [0.2, 0.25) is 0 Å². The Morgan fingerprint density at radius 1 is 1.60 bits per heavy atom. The Bertz CT molecular complexity index is 320. The highest BCUT2D eigenvalue weighted by molar-refractivity contribution is 9.10. The Morgan fingerprint density at radius 2 is 2.33 bits per heavy atom. The highest BCUT2D eigenvalue weighted by Crippen LogP contribution is 2.17. The van der Waals surface area contributed by atoms with Crippen molar-refractivity contribution in [2.24, 2.45) is 0 Å². The van der Waals surface area contributed by atoms with E-state index in [1.54, 1.807) is 0 Å². The van der Waals surface area contributed by atoms with E-state index >= 15 is 0 Å².